The summed E-state index contributed by atoms with van der Waals surface area (Å²) < 4.78 is 0. The number of benzene rings is 3. The number of rotatable bonds is 1. The zero-order chi connectivity index (χ0) is 12.7. The van der Waals surface area contributed by atoms with E-state index in [-0.39, 0.29) is 0 Å². The molecule has 0 saturated heterocycles. The zero-order valence-electron chi connectivity index (χ0n) is 10.5. The maximum Gasteiger partial charge on any atom is 0.0723 e. The predicted molar refractivity (Wildman–Crippen MR) is 79.6 cm³/mol. The number of nitrogens with zero attached hydrogens (tertiary/aromatic N) is 2. The van der Waals surface area contributed by atoms with Crippen LogP contribution in [0.3, 0.4) is 0 Å². The van der Waals surface area contributed by atoms with Gasteiger partial charge in [0.15, 0.2) is 0 Å². The van der Waals surface area contributed by atoms with Crippen molar-refractivity contribution in [1.29, 1.82) is 0 Å². The lowest BCUT2D eigenvalue weighted by atomic mass is 9.96. The molecule has 1 aliphatic rings. The number of fused-ring (bicyclic) bond motifs is 2. The molecule has 2 nitrogen and oxygen atoms in total. The van der Waals surface area contributed by atoms with Gasteiger partial charge in [-0.3, -0.25) is 0 Å². The summed E-state index contributed by atoms with van der Waals surface area (Å²) in [7, 11) is 0. The summed E-state index contributed by atoms with van der Waals surface area (Å²) in [6, 6.07) is 19.4. The SMILES string of the molecule is c1ccc2cc3c(C4=N[N]CC4)cccc3cc2c1. The fourth-order valence-electron chi connectivity index (χ4n) is 2.75. The molecule has 19 heavy (non-hydrogen) atoms. The molecule has 0 amide bonds. The second kappa shape index (κ2) is 4.09. The molecular formula is C17H13N2. The highest BCUT2D eigenvalue weighted by molar-refractivity contribution is 6.13. The van der Waals surface area contributed by atoms with Gasteiger partial charge >= 0.3 is 0 Å². The molecule has 4 rings (SSSR count). The van der Waals surface area contributed by atoms with E-state index in [1.807, 2.05) is 0 Å². The van der Waals surface area contributed by atoms with Gasteiger partial charge < -0.3 is 0 Å². The molecule has 0 spiro atoms. The van der Waals surface area contributed by atoms with Crippen LogP contribution in [-0.4, -0.2) is 12.3 Å². The van der Waals surface area contributed by atoms with Crippen molar-refractivity contribution in [1.82, 2.24) is 5.43 Å². The number of hydrogen-bond donors (Lipinski definition) is 0. The second-order valence-corrected chi connectivity index (χ2v) is 4.89. The summed E-state index contributed by atoms with van der Waals surface area (Å²) in [6.45, 7) is 0.819. The van der Waals surface area contributed by atoms with E-state index >= 15 is 0 Å². The van der Waals surface area contributed by atoms with Gasteiger partial charge in [-0.05, 0) is 33.7 Å². The van der Waals surface area contributed by atoms with Crippen LogP contribution < -0.4 is 5.43 Å². The molecule has 0 unspecified atom stereocenters. The van der Waals surface area contributed by atoms with E-state index in [4.69, 9.17) is 0 Å². The molecule has 1 heterocycles. The van der Waals surface area contributed by atoms with Gasteiger partial charge in [-0.2, -0.15) is 10.5 Å². The highest BCUT2D eigenvalue weighted by Gasteiger charge is 2.13. The predicted octanol–water partition coefficient (Wildman–Crippen LogP) is 3.71. The molecule has 1 aliphatic heterocycles. The lowest BCUT2D eigenvalue weighted by Gasteiger charge is -2.07. The first kappa shape index (κ1) is 10.6. The van der Waals surface area contributed by atoms with E-state index in [0.29, 0.717) is 0 Å². The lowest BCUT2D eigenvalue weighted by Crippen LogP contribution is -1.98. The monoisotopic (exact) mass is 245 g/mol. The van der Waals surface area contributed by atoms with Crippen molar-refractivity contribution in [2.45, 2.75) is 6.42 Å². The van der Waals surface area contributed by atoms with Gasteiger partial charge in [0.05, 0.1) is 12.3 Å². The summed E-state index contributed by atoms with van der Waals surface area (Å²) in [6.07, 6.45) is 0.950. The standard InChI is InChI=1S/C17H13N2/c1-2-5-13-11-16-14(10-12(13)4-1)6-3-7-15(16)17-8-9-18-19-17/h1-7,10-11H,8-9H2. The molecule has 2 heteroatoms. The maximum absolute atomic E-state index is 4.28. The van der Waals surface area contributed by atoms with Gasteiger partial charge in [-0.1, -0.05) is 42.5 Å². The molecule has 0 aliphatic carbocycles. The van der Waals surface area contributed by atoms with E-state index in [9.17, 15) is 0 Å². The summed E-state index contributed by atoms with van der Waals surface area (Å²) >= 11 is 0. The summed E-state index contributed by atoms with van der Waals surface area (Å²) in [5.41, 5.74) is 6.44. The molecule has 0 N–H and O–H groups in total. The van der Waals surface area contributed by atoms with Gasteiger partial charge in [-0.15, -0.1) is 0 Å². The normalized spacial score (nSPS) is 14.6. The molecule has 0 bridgehead atoms. The van der Waals surface area contributed by atoms with Gasteiger partial charge in [0, 0.05) is 12.0 Å². The molecule has 1 radical (unpaired) electrons. The summed E-state index contributed by atoms with van der Waals surface area (Å²) in [4.78, 5) is 0. The molecule has 3 aromatic rings. The molecule has 0 fully saturated rings. The Bertz CT molecular complexity index is 803. The van der Waals surface area contributed by atoms with Gasteiger partial charge in [0.25, 0.3) is 0 Å². The second-order valence-electron chi connectivity index (χ2n) is 4.89. The van der Waals surface area contributed by atoms with Crippen LogP contribution in [0.2, 0.25) is 0 Å². The lowest BCUT2D eigenvalue weighted by molar-refractivity contribution is 0.795. The Hall–Kier alpha value is -2.35. The highest BCUT2D eigenvalue weighted by atomic mass is 15.3. The minimum atomic E-state index is 0.819. The minimum absolute atomic E-state index is 0.819. The van der Waals surface area contributed by atoms with Gasteiger partial charge in [0.1, 0.15) is 0 Å². The van der Waals surface area contributed by atoms with Gasteiger partial charge in [0.2, 0.25) is 0 Å². The van der Waals surface area contributed by atoms with Crippen molar-refractivity contribution in [3.05, 3.63) is 60.2 Å². The molecule has 0 atom stereocenters. The van der Waals surface area contributed by atoms with Crippen LogP contribution in [0.4, 0.5) is 0 Å². The quantitative estimate of drug-likeness (QED) is 0.584. The van der Waals surface area contributed by atoms with E-state index in [1.165, 1.54) is 27.1 Å². The Morgan fingerprint density at radius 2 is 1.58 bits per heavy atom. The molecule has 91 valence electrons. The third-order valence-electron chi connectivity index (χ3n) is 3.70. The Labute approximate surface area is 111 Å². The van der Waals surface area contributed by atoms with E-state index in [0.717, 1.165) is 18.7 Å². The van der Waals surface area contributed by atoms with Crippen LogP contribution in [0.15, 0.2) is 59.7 Å². The van der Waals surface area contributed by atoms with Gasteiger partial charge in [-0.25, -0.2) is 0 Å². The van der Waals surface area contributed by atoms with Crippen LogP contribution in [-0.2, 0) is 0 Å². The molecule has 3 aromatic carbocycles. The number of hydrogen-bond acceptors (Lipinski definition) is 1. The Morgan fingerprint density at radius 3 is 2.37 bits per heavy atom. The average Bonchev–Trinajstić information content (AvgIpc) is 2.98. The van der Waals surface area contributed by atoms with E-state index < -0.39 is 0 Å². The molecule has 0 aromatic heterocycles. The van der Waals surface area contributed by atoms with Crippen molar-refractivity contribution in [2.24, 2.45) is 5.10 Å². The fraction of sp³-hybridized carbons (Fsp3) is 0.118. The van der Waals surface area contributed by atoms with Crippen molar-refractivity contribution in [2.75, 3.05) is 6.54 Å². The van der Waals surface area contributed by atoms with E-state index in [2.05, 4.69) is 65.1 Å². The van der Waals surface area contributed by atoms with Crippen molar-refractivity contribution < 1.29 is 0 Å². The van der Waals surface area contributed by atoms with Crippen molar-refractivity contribution in [3.8, 4) is 0 Å². The highest BCUT2D eigenvalue weighted by Crippen LogP contribution is 2.27. The molecular weight excluding hydrogens is 232 g/mol. The first-order valence-corrected chi connectivity index (χ1v) is 6.57. The summed E-state index contributed by atoms with van der Waals surface area (Å²) in [5.74, 6) is 0. The topological polar surface area (TPSA) is 26.5 Å². The third-order valence-corrected chi connectivity index (χ3v) is 3.70. The van der Waals surface area contributed by atoms with Crippen LogP contribution in [0.25, 0.3) is 21.5 Å². The van der Waals surface area contributed by atoms with Crippen LogP contribution in [0.1, 0.15) is 12.0 Å². The fourth-order valence-corrected chi connectivity index (χ4v) is 2.75. The smallest absolute Gasteiger partial charge is 0.0723 e. The zero-order valence-corrected chi connectivity index (χ0v) is 10.5. The van der Waals surface area contributed by atoms with Crippen LogP contribution in [0.5, 0.6) is 0 Å². The third kappa shape index (κ3) is 1.68. The van der Waals surface area contributed by atoms with Crippen LogP contribution in [0, 0.1) is 0 Å². The Morgan fingerprint density at radius 1 is 0.789 bits per heavy atom. The molecule has 0 saturated carbocycles. The average molecular weight is 245 g/mol. The maximum atomic E-state index is 4.28. The van der Waals surface area contributed by atoms with Crippen molar-refractivity contribution >= 4 is 27.3 Å². The summed E-state index contributed by atoms with van der Waals surface area (Å²) in [5, 5.41) is 9.38. The van der Waals surface area contributed by atoms with E-state index in [1.54, 1.807) is 0 Å². The first-order valence-electron chi connectivity index (χ1n) is 6.57. The Kier molecular flexibility index (Phi) is 2.27. The first-order chi connectivity index (χ1) is 9.42. The minimum Gasteiger partial charge on any atom is -0.189 e. The van der Waals surface area contributed by atoms with Crippen molar-refractivity contribution in [3.63, 3.8) is 0 Å². The van der Waals surface area contributed by atoms with Crippen LogP contribution >= 0.6 is 0 Å². The Balaban J connectivity index is 2.06. The largest absolute Gasteiger partial charge is 0.189 e.